The Hall–Kier alpha value is -1.80. The maximum Gasteiger partial charge on any atom is 0.0821 e. The lowest BCUT2D eigenvalue weighted by Crippen LogP contribution is -2.41. The van der Waals surface area contributed by atoms with Crippen LogP contribution < -0.4 is 4.90 Å². The summed E-state index contributed by atoms with van der Waals surface area (Å²) in [6, 6.07) is 18.1. The summed E-state index contributed by atoms with van der Waals surface area (Å²) in [5, 5.41) is 0. The van der Waals surface area contributed by atoms with Crippen LogP contribution in [0.15, 0.2) is 48.5 Å². The Morgan fingerprint density at radius 1 is 1.09 bits per heavy atom. The lowest BCUT2D eigenvalue weighted by atomic mass is 9.88. The summed E-state index contributed by atoms with van der Waals surface area (Å²) in [4.78, 5) is 2.56. The molecular weight excluding hydrogens is 270 g/mol. The summed E-state index contributed by atoms with van der Waals surface area (Å²) < 4.78 is 6.09. The Morgan fingerprint density at radius 3 is 2.82 bits per heavy atom. The molecular formula is C20H23NO. The number of hydrogen-bond donors (Lipinski definition) is 0. The van der Waals surface area contributed by atoms with E-state index in [9.17, 15) is 0 Å². The second-order valence-electron chi connectivity index (χ2n) is 6.48. The van der Waals surface area contributed by atoms with Gasteiger partial charge in [0.1, 0.15) is 0 Å². The van der Waals surface area contributed by atoms with Crippen LogP contribution in [0.5, 0.6) is 0 Å². The molecule has 114 valence electrons. The highest BCUT2D eigenvalue weighted by atomic mass is 16.5. The number of rotatable bonds is 2. The Labute approximate surface area is 132 Å². The van der Waals surface area contributed by atoms with Crippen molar-refractivity contribution in [2.75, 3.05) is 18.1 Å². The Balaban J connectivity index is 1.77. The van der Waals surface area contributed by atoms with Gasteiger partial charge in [0, 0.05) is 18.8 Å². The average molecular weight is 293 g/mol. The summed E-state index contributed by atoms with van der Waals surface area (Å²) in [5.74, 6) is 0. The number of nitrogens with zero attached hydrogens (tertiary/aromatic N) is 1. The van der Waals surface area contributed by atoms with Gasteiger partial charge in [0.15, 0.2) is 0 Å². The highest BCUT2D eigenvalue weighted by molar-refractivity contribution is 5.54. The van der Waals surface area contributed by atoms with Crippen LogP contribution in [0.25, 0.3) is 0 Å². The first-order valence-corrected chi connectivity index (χ1v) is 8.35. The average Bonchev–Trinajstić information content (AvgIpc) is 3.08. The van der Waals surface area contributed by atoms with E-state index >= 15 is 0 Å². The minimum Gasteiger partial charge on any atom is -0.376 e. The molecule has 2 atom stereocenters. The molecule has 2 aromatic carbocycles. The first kappa shape index (κ1) is 13.8. The lowest BCUT2D eigenvalue weighted by Gasteiger charge is -2.41. The summed E-state index contributed by atoms with van der Waals surface area (Å²) >= 11 is 0. The van der Waals surface area contributed by atoms with E-state index in [0.717, 1.165) is 19.6 Å². The number of hydrogen-bond acceptors (Lipinski definition) is 2. The normalized spacial score (nSPS) is 24.3. The fraction of sp³-hybridized carbons (Fsp3) is 0.400. The molecule has 2 aliphatic heterocycles. The maximum atomic E-state index is 6.09. The van der Waals surface area contributed by atoms with Gasteiger partial charge in [-0.2, -0.15) is 0 Å². The van der Waals surface area contributed by atoms with Crippen molar-refractivity contribution >= 4 is 5.69 Å². The molecule has 4 rings (SSSR count). The fourth-order valence-corrected chi connectivity index (χ4v) is 3.95. The van der Waals surface area contributed by atoms with Gasteiger partial charge in [-0.1, -0.05) is 36.4 Å². The van der Waals surface area contributed by atoms with E-state index in [1.54, 1.807) is 0 Å². The van der Waals surface area contributed by atoms with Crippen molar-refractivity contribution in [1.82, 2.24) is 0 Å². The second-order valence-corrected chi connectivity index (χ2v) is 6.48. The molecule has 2 nitrogen and oxygen atoms in total. The number of anilines is 1. The monoisotopic (exact) mass is 293 g/mol. The van der Waals surface area contributed by atoms with Crippen LogP contribution in [0.4, 0.5) is 5.69 Å². The van der Waals surface area contributed by atoms with Crippen molar-refractivity contribution in [3.8, 4) is 0 Å². The Morgan fingerprint density at radius 2 is 2.00 bits per heavy atom. The molecule has 0 aliphatic carbocycles. The van der Waals surface area contributed by atoms with Crippen LogP contribution in [-0.4, -0.2) is 19.3 Å². The van der Waals surface area contributed by atoms with Crippen molar-refractivity contribution in [1.29, 1.82) is 0 Å². The predicted octanol–water partition coefficient (Wildman–Crippen LogP) is 4.28. The molecule has 2 aliphatic rings. The highest BCUT2D eigenvalue weighted by Crippen LogP contribution is 2.39. The lowest BCUT2D eigenvalue weighted by molar-refractivity contribution is 0.0854. The van der Waals surface area contributed by atoms with Gasteiger partial charge in [0.2, 0.25) is 0 Å². The zero-order valence-electron chi connectivity index (χ0n) is 13.2. The van der Waals surface area contributed by atoms with E-state index in [1.807, 2.05) is 0 Å². The predicted molar refractivity (Wildman–Crippen MR) is 90.4 cm³/mol. The summed E-state index contributed by atoms with van der Waals surface area (Å²) in [6.07, 6.45) is 3.79. The molecule has 1 unspecified atom stereocenters. The van der Waals surface area contributed by atoms with Gasteiger partial charge in [-0.25, -0.2) is 0 Å². The van der Waals surface area contributed by atoms with E-state index < -0.39 is 0 Å². The highest BCUT2D eigenvalue weighted by Gasteiger charge is 2.36. The van der Waals surface area contributed by atoms with Gasteiger partial charge in [-0.15, -0.1) is 0 Å². The maximum absolute atomic E-state index is 6.09. The Kier molecular flexibility index (Phi) is 3.63. The molecule has 0 aromatic heterocycles. The number of ether oxygens (including phenoxy) is 1. The van der Waals surface area contributed by atoms with Crippen molar-refractivity contribution in [3.63, 3.8) is 0 Å². The van der Waals surface area contributed by atoms with Crippen LogP contribution in [0.3, 0.4) is 0 Å². The van der Waals surface area contributed by atoms with Crippen molar-refractivity contribution < 1.29 is 4.74 Å². The molecule has 2 heteroatoms. The quantitative estimate of drug-likeness (QED) is 0.819. The van der Waals surface area contributed by atoms with Crippen molar-refractivity contribution in [3.05, 3.63) is 65.2 Å². The van der Waals surface area contributed by atoms with Crippen LogP contribution in [0.1, 0.15) is 35.6 Å². The third-order valence-electron chi connectivity index (χ3n) is 4.98. The minimum absolute atomic E-state index is 0.321. The molecule has 1 saturated heterocycles. The second kappa shape index (κ2) is 5.77. The minimum atomic E-state index is 0.321. The largest absolute Gasteiger partial charge is 0.376 e. The topological polar surface area (TPSA) is 12.5 Å². The SMILES string of the molecule is Cc1cccc(N2CCc3ccccc3[C@@H]2C2CCCO2)c1. The summed E-state index contributed by atoms with van der Waals surface area (Å²) in [7, 11) is 0. The molecule has 0 amide bonds. The van der Waals surface area contributed by atoms with E-state index in [-0.39, 0.29) is 0 Å². The van der Waals surface area contributed by atoms with Crippen LogP contribution in [0, 0.1) is 6.92 Å². The third kappa shape index (κ3) is 2.42. The van der Waals surface area contributed by atoms with Gasteiger partial charge >= 0.3 is 0 Å². The number of benzene rings is 2. The zero-order valence-corrected chi connectivity index (χ0v) is 13.2. The van der Waals surface area contributed by atoms with E-state index in [2.05, 4.69) is 60.4 Å². The number of fused-ring (bicyclic) bond motifs is 1. The van der Waals surface area contributed by atoms with Gasteiger partial charge in [0.25, 0.3) is 0 Å². The smallest absolute Gasteiger partial charge is 0.0821 e. The first-order chi connectivity index (χ1) is 10.8. The fourth-order valence-electron chi connectivity index (χ4n) is 3.95. The molecule has 0 radical (unpaired) electrons. The van der Waals surface area contributed by atoms with Crippen LogP contribution in [-0.2, 0) is 11.2 Å². The van der Waals surface area contributed by atoms with Crippen molar-refractivity contribution in [2.24, 2.45) is 0 Å². The van der Waals surface area contributed by atoms with Gasteiger partial charge in [-0.3, -0.25) is 0 Å². The van der Waals surface area contributed by atoms with Gasteiger partial charge in [-0.05, 0) is 55.0 Å². The molecule has 0 spiro atoms. The number of aryl methyl sites for hydroxylation is 1. The van der Waals surface area contributed by atoms with Gasteiger partial charge < -0.3 is 9.64 Å². The molecule has 22 heavy (non-hydrogen) atoms. The summed E-state index contributed by atoms with van der Waals surface area (Å²) in [6.45, 7) is 4.15. The standard InChI is InChI=1S/C20H23NO/c1-15-6-4-8-17(14-15)21-12-11-16-7-2-3-9-18(16)20(21)19-10-5-13-22-19/h2-4,6-9,14,19-20H,5,10-13H2,1H3/t19?,20-/m1/s1. The Bertz CT molecular complexity index is 660. The van der Waals surface area contributed by atoms with Crippen molar-refractivity contribution in [2.45, 2.75) is 38.3 Å². The molecule has 0 N–H and O–H groups in total. The third-order valence-corrected chi connectivity index (χ3v) is 4.98. The molecule has 1 fully saturated rings. The zero-order chi connectivity index (χ0) is 14.9. The molecule has 2 heterocycles. The van der Waals surface area contributed by atoms with Gasteiger partial charge in [0.05, 0.1) is 12.1 Å². The molecule has 0 bridgehead atoms. The summed E-state index contributed by atoms with van der Waals surface area (Å²) in [5.41, 5.74) is 5.60. The van der Waals surface area contributed by atoms with E-state index in [4.69, 9.17) is 4.74 Å². The molecule has 2 aromatic rings. The van der Waals surface area contributed by atoms with E-state index in [0.29, 0.717) is 12.1 Å². The molecule has 0 saturated carbocycles. The van der Waals surface area contributed by atoms with Crippen LogP contribution >= 0.6 is 0 Å². The van der Waals surface area contributed by atoms with E-state index in [1.165, 1.54) is 35.2 Å². The van der Waals surface area contributed by atoms with Crippen LogP contribution in [0.2, 0.25) is 0 Å². The first-order valence-electron chi connectivity index (χ1n) is 8.35.